The van der Waals surface area contributed by atoms with E-state index in [1.54, 1.807) is 45.0 Å². The number of hydrogen-bond donors (Lipinski definition) is 2. The molecule has 2 aromatic rings. The van der Waals surface area contributed by atoms with Gasteiger partial charge in [0.15, 0.2) is 0 Å². The summed E-state index contributed by atoms with van der Waals surface area (Å²) in [6.45, 7) is 5.25. The summed E-state index contributed by atoms with van der Waals surface area (Å²) in [5.74, 6) is -3.67. The van der Waals surface area contributed by atoms with Crippen molar-refractivity contribution >= 4 is 23.4 Å². The molecule has 2 amide bonds. The average Bonchev–Trinajstić information content (AvgIpc) is 2.59. The summed E-state index contributed by atoms with van der Waals surface area (Å²) >= 11 is 5.86. The Balaban J connectivity index is 2.13. The second-order valence-electron chi connectivity index (χ2n) is 6.57. The molecule has 0 saturated heterocycles. The number of hydrogen-bond acceptors (Lipinski definition) is 2. The fourth-order valence-corrected chi connectivity index (χ4v) is 2.73. The van der Waals surface area contributed by atoms with Crippen LogP contribution in [-0.2, 0) is 4.79 Å². The minimum Gasteiger partial charge on any atom is -0.348 e. The Bertz CT molecular complexity index is 805. The van der Waals surface area contributed by atoms with Crippen molar-refractivity contribution < 1.29 is 18.4 Å². The summed E-state index contributed by atoms with van der Waals surface area (Å²) in [6.07, 6.45) is 0. The Morgan fingerprint density at radius 1 is 0.926 bits per heavy atom. The van der Waals surface area contributed by atoms with Gasteiger partial charge >= 0.3 is 0 Å². The first kappa shape index (κ1) is 20.8. The lowest BCUT2D eigenvalue weighted by Gasteiger charge is -2.24. The van der Waals surface area contributed by atoms with Gasteiger partial charge in [0.05, 0.1) is 6.04 Å². The normalized spacial score (nSPS) is 13.1. The first-order chi connectivity index (χ1) is 12.7. The molecule has 27 heavy (non-hydrogen) atoms. The number of halogens is 3. The van der Waals surface area contributed by atoms with Crippen LogP contribution in [-0.4, -0.2) is 17.9 Å². The van der Waals surface area contributed by atoms with Crippen molar-refractivity contribution in [2.45, 2.75) is 32.9 Å². The Hall–Kier alpha value is -2.47. The first-order valence-corrected chi connectivity index (χ1v) is 8.89. The predicted octanol–water partition coefficient (Wildman–Crippen LogP) is 4.25. The lowest BCUT2D eigenvalue weighted by atomic mass is 10.0. The van der Waals surface area contributed by atoms with Crippen LogP contribution in [0.4, 0.5) is 8.78 Å². The topological polar surface area (TPSA) is 58.2 Å². The number of nitrogens with one attached hydrogen (secondary N) is 2. The van der Waals surface area contributed by atoms with Gasteiger partial charge in [0.1, 0.15) is 23.2 Å². The van der Waals surface area contributed by atoms with Crippen molar-refractivity contribution in [3.8, 4) is 0 Å². The van der Waals surface area contributed by atoms with Crippen LogP contribution in [0.1, 0.15) is 42.7 Å². The molecule has 1 unspecified atom stereocenters. The van der Waals surface area contributed by atoms with Crippen LogP contribution < -0.4 is 10.6 Å². The van der Waals surface area contributed by atoms with Crippen molar-refractivity contribution in [1.29, 1.82) is 0 Å². The molecular formula is C20H21ClF2N2O2. The monoisotopic (exact) mass is 394 g/mol. The highest BCUT2D eigenvalue weighted by atomic mass is 35.5. The maximum atomic E-state index is 13.8. The van der Waals surface area contributed by atoms with E-state index in [4.69, 9.17) is 11.6 Å². The van der Waals surface area contributed by atoms with Gasteiger partial charge in [-0.1, -0.05) is 43.6 Å². The van der Waals surface area contributed by atoms with E-state index >= 15 is 0 Å². The molecule has 0 aliphatic carbocycles. The third kappa shape index (κ3) is 5.26. The van der Waals surface area contributed by atoms with E-state index in [1.165, 1.54) is 6.07 Å². The molecule has 2 rings (SSSR count). The minimum atomic E-state index is -0.982. The van der Waals surface area contributed by atoms with E-state index in [9.17, 15) is 18.4 Å². The van der Waals surface area contributed by atoms with Gasteiger partial charge in [-0.3, -0.25) is 9.59 Å². The van der Waals surface area contributed by atoms with E-state index in [-0.39, 0.29) is 12.0 Å². The molecule has 0 aliphatic rings. The van der Waals surface area contributed by atoms with Crippen LogP contribution in [0.25, 0.3) is 0 Å². The molecule has 0 radical (unpaired) electrons. The van der Waals surface area contributed by atoms with E-state index in [0.717, 1.165) is 17.7 Å². The summed E-state index contributed by atoms with van der Waals surface area (Å²) in [5, 5.41) is 5.81. The maximum absolute atomic E-state index is 13.8. The van der Waals surface area contributed by atoms with Crippen molar-refractivity contribution in [1.82, 2.24) is 10.6 Å². The Kier molecular flexibility index (Phi) is 6.91. The summed E-state index contributed by atoms with van der Waals surface area (Å²) in [7, 11) is 0. The SMILES string of the molecule is CC(NC(=O)[C@@H](NC(=O)c1c(F)cccc1F)C(C)C)c1ccc(Cl)cc1. The molecule has 0 aromatic heterocycles. The molecule has 0 heterocycles. The largest absolute Gasteiger partial charge is 0.348 e. The number of amides is 2. The van der Waals surface area contributed by atoms with Crippen LogP contribution in [0.15, 0.2) is 42.5 Å². The van der Waals surface area contributed by atoms with Gasteiger partial charge in [-0.05, 0) is 42.7 Å². The summed E-state index contributed by atoms with van der Waals surface area (Å²) in [6, 6.07) is 8.85. The van der Waals surface area contributed by atoms with E-state index in [0.29, 0.717) is 5.02 Å². The maximum Gasteiger partial charge on any atom is 0.257 e. The van der Waals surface area contributed by atoms with Crippen LogP contribution >= 0.6 is 11.6 Å². The number of carbonyl (C=O) groups is 2. The molecular weight excluding hydrogens is 374 g/mol. The van der Waals surface area contributed by atoms with Crippen molar-refractivity contribution in [2.75, 3.05) is 0 Å². The zero-order valence-corrected chi connectivity index (χ0v) is 16.0. The fraction of sp³-hybridized carbons (Fsp3) is 0.300. The lowest BCUT2D eigenvalue weighted by Crippen LogP contribution is -2.50. The highest BCUT2D eigenvalue weighted by molar-refractivity contribution is 6.30. The molecule has 2 atom stereocenters. The Labute approximate surface area is 161 Å². The minimum absolute atomic E-state index is 0.291. The molecule has 144 valence electrons. The molecule has 0 fully saturated rings. The van der Waals surface area contributed by atoms with Gasteiger partial charge in [-0.15, -0.1) is 0 Å². The predicted molar refractivity (Wildman–Crippen MR) is 100 cm³/mol. The third-order valence-corrected chi connectivity index (χ3v) is 4.41. The van der Waals surface area contributed by atoms with Crippen molar-refractivity contribution in [3.05, 3.63) is 70.2 Å². The van der Waals surface area contributed by atoms with E-state index < -0.39 is 35.1 Å². The fourth-order valence-electron chi connectivity index (χ4n) is 2.60. The van der Waals surface area contributed by atoms with Crippen molar-refractivity contribution in [3.63, 3.8) is 0 Å². The molecule has 2 N–H and O–H groups in total. The van der Waals surface area contributed by atoms with Crippen molar-refractivity contribution in [2.24, 2.45) is 5.92 Å². The van der Waals surface area contributed by atoms with Crippen LogP contribution in [0, 0.1) is 17.6 Å². The lowest BCUT2D eigenvalue weighted by molar-refractivity contribution is -0.124. The molecule has 0 spiro atoms. The van der Waals surface area contributed by atoms with E-state index in [2.05, 4.69) is 10.6 Å². The van der Waals surface area contributed by atoms with Crippen LogP contribution in [0.2, 0.25) is 5.02 Å². The zero-order valence-electron chi connectivity index (χ0n) is 15.2. The molecule has 7 heteroatoms. The van der Waals surface area contributed by atoms with Gasteiger partial charge < -0.3 is 10.6 Å². The second-order valence-corrected chi connectivity index (χ2v) is 7.01. The van der Waals surface area contributed by atoms with Gasteiger partial charge in [0.2, 0.25) is 5.91 Å². The van der Waals surface area contributed by atoms with Gasteiger partial charge in [0.25, 0.3) is 5.91 Å². The summed E-state index contributed by atoms with van der Waals surface area (Å²) in [4.78, 5) is 24.9. The molecule has 4 nitrogen and oxygen atoms in total. The Morgan fingerprint density at radius 2 is 1.48 bits per heavy atom. The van der Waals surface area contributed by atoms with E-state index in [1.807, 2.05) is 0 Å². The van der Waals surface area contributed by atoms with Gasteiger partial charge in [0, 0.05) is 5.02 Å². The van der Waals surface area contributed by atoms with Gasteiger partial charge in [-0.2, -0.15) is 0 Å². The van der Waals surface area contributed by atoms with Crippen LogP contribution in [0.3, 0.4) is 0 Å². The number of carbonyl (C=O) groups excluding carboxylic acids is 2. The van der Waals surface area contributed by atoms with Crippen LogP contribution in [0.5, 0.6) is 0 Å². The molecule has 0 saturated carbocycles. The number of rotatable bonds is 6. The Morgan fingerprint density at radius 3 is 2.00 bits per heavy atom. The zero-order chi connectivity index (χ0) is 20.1. The summed E-state index contributed by atoms with van der Waals surface area (Å²) < 4.78 is 27.6. The number of benzene rings is 2. The first-order valence-electron chi connectivity index (χ1n) is 8.51. The quantitative estimate of drug-likeness (QED) is 0.769. The molecule has 0 aliphatic heterocycles. The highest BCUT2D eigenvalue weighted by Crippen LogP contribution is 2.17. The molecule has 2 aromatic carbocycles. The average molecular weight is 395 g/mol. The standard InChI is InChI=1S/C20H21ClF2N2O2/c1-11(2)18(25-19(26)17-15(22)5-4-6-16(17)23)20(27)24-12(3)13-7-9-14(21)10-8-13/h4-12,18H,1-3H3,(H,24,27)(H,25,26)/t12?,18-/m0/s1. The smallest absolute Gasteiger partial charge is 0.257 e. The summed E-state index contributed by atoms with van der Waals surface area (Å²) in [5.41, 5.74) is 0.128. The highest BCUT2D eigenvalue weighted by Gasteiger charge is 2.28. The third-order valence-electron chi connectivity index (χ3n) is 4.15. The van der Waals surface area contributed by atoms with Gasteiger partial charge in [-0.25, -0.2) is 8.78 Å². The second kappa shape index (κ2) is 8.95. The molecule has 0 bridgehead atoms.